The monoisotopic (exact) mass is 287 g/mol. The third-order valence-electron chi connectivity index (χ3n) is 3.22. The zero-order valence-electron chi connectivity index (χ0n) is 10.8. The van der Waals surface area contributed by atoms with Gasteiger partial charge in [-0.15, -0.1) is 0 Å². The fourth-order valence-electron chi connectivity index (χ4n) is 2.17. The third kappa shape index (κ3) is 2.18. The van der Waals surface area contributed by atoms with Gasteiger partial charge in [-0.1, -0.05) is 30.0 Å². The number of nitrogens with zero attached hydrogens (tertiary/aromatic N) is 3. The van der Waals surface area contributed by atoms with Gasteiger partial charge in [-0.3, -0.25) is 14.5 Å². The molecular weight excluding hydrogens is 274 g/mol. The third-order valence-corrected chi connectivity index (χ3v) is 4.28. The lowest BCUT2D eigenvalue weighted by molar-refractivity contribution is -0.133. The van der Waals surface area contributed by atoms with Gasteiger partial charge in [0, 0.05) is 13.1 Å². The van der Waals surface area contributed by atoms with E-state index in [1.165, 1.54) is 22.3 Å². The Hall–Kier alpha value is -2.21. The maximum absolute atomic E-state index is 12.2. The lowest BCUT2D eigenvalue weighted by atomic mass is 10.3. The van der Waals surface area contributed by atoms with Crippen molar-refractivity contribution in [1.82, 2.24) is 9.88 Å². The van der Waals surface area contributed by atoms with E-state index in [-0.39, 0.29) is 18.4 Å². The van der Waals surface area contributed by atoms with Gasteiger partial charge >= 0.3 is 0 Å². The van der Waals surface area contributed by atoms with Gasteiger partial charge in [-0.05, 0) is 18.2 Å². The van der Waals surface area contributed by atoms with E-state index in [0.29, 0.717) is 18.2 Å². The maximum atomic E-state index is 12.2. The molecule has 0 atom stereocenters. The van der Waals surface area contributed by atoms with Gasteiger partial charge < -0.3 is 4.90 Å². The zero-order valence-corrected chi connectivity index (χ0v) is 11.6. The molecule has 0 bridgehead atoms. The van der Waals surface area contributed by atoms with Crippen molar-refractivity contribution in [2.24, 2.45) is 0 Å². The molecule has 1 aromatic heterocycles. The van der Waals surface area contributed by atoms with Gasteiger partial charge in [0.05, 0.1) is 10.2 Å². The first kappa shape index (κ1) is 12.8. The smallest absolute Gasteiger partial charge is 0.248 e. The number of carbonyl (C=O) groups is 2. The van der Waals surface area contributed by atoms with Crippen LogP contribution in [0.1, 0.15) is 0 Å². The van der Waals surface area contributed by atoms with E-state index in [0.717, 1.165) is 10.2 Å². The summed E-state index contributed by atoms with van der Waals surface area (Å²) in [5, 5.41) is 0.696. The molecule has 2 amide bonds. The van der Waals surface area contributed by atoms with Crippen molar-refractivity contribution >= 4 is 38.5 Å². The highest BCUT2D eigenvalue weighted by Crippen LogP contribution is 2.29. The number of amides is 2. The summed E-state index contributed by atoms with van der Waals surface area (Å²) in [4.78, 5) is 31.3. The lowest BCUT2D eigenvalue weighted by Crippen LogP contribution is -2.52. The molecule has 1 aromatic carbocycles. The Kier molecular flexibility index (Phi) is 3.23. The van der Waals surface area contributed by atoms with Gasteiger partial charge in [0.2, 0.25) is 11.8 Å². The Labute approximate surface area is 120 Å². The zero-order chi connectivity index (χ0) is 14.1. The van der Waals surface area contributed by atoms with Crippen molar-refractivity contribution in [2.75, 3.05) is 24.5 Å². The van der Waals surface area contributed by atoms with E-state index in [2.05, 4.69) is 11.6 Å². The van der Waals surface area contributed by atoms with Crippen molar-refractivity contribution < 1.29 is 9.59 Å². The predicted molar refractivity (Wildman–Crippen MR) is 78.8 cm³/mol. The van der Waals surface area contributed by atoms with Crippen LogP contribution < -0.4 is 4.90 Å². The van der Waals surface area contributed by atoms with E-state index in [1.54, 1.807) is 4.90 Å². The SMILES string of the molecule is C=CC(=O)N1CCN(c2nc3ccccc3s2)C(=O)C1. The Morgan fingerprint density at radius 2 is 2.15 bits per heavy atom. The van der Waals surface area contributed by atoms with Crippen LogP contribution in [0.5, 0.6) is 0 Å². The summed E-state index contributed by atoms with van der Waals surface area (Å²) in [5.41, 5.74) is 0.893. The highest BCUT2D eigenvalue weighted by atomic mass is 32.1. The van der Waals surface area contributed by atoms with Crippen molar-refractivity contribution in [1.29, 1.82) is 0 Å². The van der Waals surface area contributed by atoms with Crippen LogP contribution in [0, 0.1) is 0 Å². The minimum Gasteiger partial charge on any atom is -0.328 e. The van der Waals surface area contributed by atoms with E-state index in [1.807, 2.05) is 24.3 Å². The van der Waals surface area contributed by atoms with Crippen LogP contribution in [0.25, 0.3) is 10.2 Å². The number of aromatic nitrogens is 1. The lowest BCUT2D eigenvalue weighted by Gasteiger charge is -2.32. The Bertz CT molecular complexity index is 662. The standard InChI is InChI=1S/C14H13N3O2S/c1-2-12(18)16-7-8-17(13(19)9-16)14-15-10-5-3-4-6-11(10)20-14/h2-6H,1,7-9H2. The van der Waals surface area contributed by atoms with Crippen LogP contribution in [0.4, 0.5) is 5.13 Å². The number of thiazole rings is 1. The summed E-state index contributed by atoms with van der Waals surface area (Å²) in [6.07, 6.45) is 1.24. The van der Waals surface area contributed by atoms with Crippen molar-refractivity contribution in [3.8, 4) is 0 Å². The molecule has 20 heavy (non-hydrogen) atoms. The summed E-state index contributed by atoms with van der Waals surface area (Å²) in [6.45, 7) is 4.50. The number of anilines is 1. The fourth-order valence-corrected chi connectivity index (χ4v) is 3.18. The summed E-state index contributed by atoms with van der Waals surface area (Å²) >= 11 is 1.49. The topological polar surface area (TPSA) is 53.5 Å². The molecule has 2 heterocycles. The maximum Gasteiger partial charge on any atom is 0.248 e. The summed E-state index contributed by atoms with van der Waals surface area (Å²) < 4.78 is 1.06. The molecule has 0 spiro atoms. The number of hydrogen-bond donors (Lipinski definition) is 0. The minimum atomic E-state index is -0.206. The molecule has 102 valence electrons. The molecule has 6 heteroatoms. The first-order valence-corrected chi connectivity index (χ1v) is 7.08. The van der Waals surface area contributed by atoms with Crippen LogP contribution >= 0.6 is 11.3 Å². The molecule has 1 aliphatic rings. The number of benzene rings is 1. The van der Waals surface area contributed by atoms with Crippen LogP contribution in [-0.2, 0) is 9.59 Å². The van der Waals surface area contributed by atoms with Crippen molar-refractivity contribution in [3.63, 3.8) is 0 Å². The minimum absolute atomic E-state index is 0.0841. The second-order valence-electron chi connectivity index (χ2n) is 4.47. The van der Waals surface area contributed by atoms with Crippen LogP contribution in [0.2, 0.25) is 0 Å². The first-order chi connectivity index (χ1) is 9.69. The summed E-state index contributed by atoms with van der Waals surface area (Å²) in [6, 6.07) is 7.79. The number of carbonyl (C=O) groups excluding carboxylic acids is 2. The molecule has 1 fully saturated rings. The second-order valence-corrected chi connectivity index (χ2v) is 5.48. The van der Waals surface area contributed by atoms with E-state index >= 15 is 0 Å². The Morgan fingerprint density at radius 1 is 1.35 bits per heavy atom. The molecule has 2 aromatic rings. The highest BCUT2D eigenvalue weighted by molar-refractivity contribution is 7.22. The Balaban J connectivity index is 1.83. The van der Waals surface area contributed by atoms with Gasteiger partial charge in [-0.2, -0.15) is 0 Å². The average molecular weight is 287 g/mol. The van der Waals surface area contributed by atoms with Gasteiger partial charge in [-0.25, -0.2) is 4.98 Å². The number of para-hydroxylation sites is 1. The van der Waals surface area contributed by atoms with Crippen LogP contribution in [0.3, 0.4) is 0 Å². The summed E-state index contributed by atoms with van der Waals surface area (Å²) in [7, 11) is 0. The van der Waals surface area contributed by atoms with Crippen LogP contribution in [0.15, 0.2) is 36.9 Å². The normalized spacial score (nSPS) is 15.7. The number of hydrogen-bond acceptors (Lipinski definition) is 4. The fraction of sp³-hybridized carbons (Fsp3) is 0.214. The van der Waals surface area contributed by atoms with Gasteiger partial charge in [0.15, 0.2) is 5.13 Å². The molecular formula is C14H13N3O2S. The van der Waals surface area contributed by atoms with Crippen molar-refractivity contribution in [2.45, 2.75) is 0 Å². The molecule has 3 rings (SSSR count). The molecule has 1 saturated heterocycles. The largest absolute Gasteiger partial charge is 0.328 e. The molecule has 0 saturated carbocycles. The number of fused-ring (bicyclic) bond motifs is 1. The molecule has 0 radical (unpaired) electrons. The van der Waals surface area contributed by atoms with Gasteiger partial charge in [0.25, 0.3) is 0 Å². The number of rotatable bonds is 2. The molecule has 0 unspecified atom stereocenters. The van der Waals surface area contributed by atoms with Crippen molar-refractivity contribution in [3.05, 3.63) is 36.9 Å². The quantitative estimate of drug-likeness (QED) is 0.789. The van der Waals surface area contributed by atoms with E-state index in [4.69, 9.17) is 0 Å². The molecule has 5 nitrogen and oxygen atoms in total. The number of piperazine rings is 1. The Morgan fingerprint density at radius 3 is 2.85 bits per heavy atom. The molecule has 1 aliphatic heterocycles. The summed E-state index contributed by atoms with van der Waals surface area (Å²) in [5.74, 6) is -0.312. The molecule has 0 N–H and O–H groups in total. The van der Waals surface area contributed by atoms with E-state index < -0.39 is 0 Å². The predicted octanol–water partition coefficient (Wildman–Crippen LogP) is 1.66. The van der Waals surface area contributed by atoms with E-state index in [9.17, 15) is 9.59 Å². The van der Waals surface area contributed by atoms with Crippen LogP contribution in [-0.4, -0.2) is 41.3 Å². The highest BCUT2D eigenvalue weighted by Gasteiger charge is 2.28. The molecule has 0 aliphatic carbocycles. The first-order valence-electron chi connectivity index (χ1n) is 6.26. The second kappa shape index (κ2) is 5.05. The van der Waals surface area contributed by atoms with Gasteiger partial charge in [0.1, 0.15) is 6.54 Å². The average Bonchev–Trinajstić information content (AvgIpc) is 2.89.